The predicted octanol–water partition coefficient (Wildman–Crippen LogP) is 2.50. The third kappa shape index (κ3) is 3.99. The first-order valence-electron chi connectivity index (χ1n) is 8.08. The maximum absolute atomic E-state index is 12.8. The van der Waals surface area contributed by atoms with Gasteiger partial charge in [0, 0.05) is 25.2 Å². The summed E-state index contributed by atoms with van der Waals surface area (Å²) in [5.74, 6) is 1.33. The molecular weight excluding hydrogens is 336 g/mol. The summed E-state index contributed by atoms with van der Waals surface area (Å²) in [7, 11) is -2.06. The standard InChI is InChI=1S/C16H23ClN2O3S/c1-22-14-4-5-15(17)16(10-14)23(20,21)19-8-6-13(7-9-19)18-11-12-2-3-12/h4-5,10,12-13,18H,2-3,6-9,11H2,1H3. The minimum atomic E-state index is -3.57. The van der Waals surface area contributed by atoms with E-state index in [9.17, 15) is 8.42 Å². The summed E-state index contributed by atoms with van der Waals surface area (Å²) in [6.45, 7) is 2.12. The topological polar surface area (TPSA) is 58.6 Å². The van der Waals surface area contributed by atoms with Crippen molar-refractivity contribution < 1.29 is 13.2 Å². The van der Waals surface area contributed by atoms with Crippen LogP contribution in [0.5, 0.6) is 5.75 Å². The van der Waals surface area contributed by atoms with E-state index in [-0.39, 0.29) is 9.92 Å². The molecule has 0 amide bonds. The highest BCUT2D eigenvalue weighted by molar-refractivity contribution is 7.89. The van der Waals surface area contributed by atoms with Crippen LogP contribution in [0.2, 0.25) is 5.02 Å². The molecule has 0 aromatic heterocycles. The van der Waals surface area contributed by atoms with E-state index in [1.54, 1.807) is 12.1 Å². The van der Waals surface area contributed by atoms with E-state index in [1.165, 1.54) is 30.3 Å². The highest BCUT2D eigenvalue weighted by atomic mass is 35.5. The summed E-state index contributed by atoms with van der Waals surface area (Å²) in [6, 6.07) is 5.14. The fourth-order valence-corrected chi connectivity index (χ4v) is 4.86. The molecular formula is C16H23ClN2O3S. The van der Waals surface area contributed by atoms with E-state index in [1.807, 2.05) is 0 Å². The quantitative estimate of drug-likeness (QED) is 0.848. The van der Waals surface area contributed by atoms with Gasteiger partial charge in [-0.3, -0.25) is 0 Å². The van der Waals surface area contributed by atoms with Gasteiger partial charge >= 0.3 is 0 Å². The lowest BCUT2D eigenvalue weighted by atomic mass is 10.1. The molecule has 0 spiro atoms. The number of ether oxygens (including phenoxy) is 1. The minimum Gasteiger partial charge on any atom is -0.497 e. The van der Waals surface area contributed by atoms with Gasteiger partial charge in [0.25, 0.3) is 0 Å². The molecule has 2 aliphatic rings. The Labute approximate surface area is 143 Å². The van der Waals surface area contributed by atoms with Crippen LogP contribution < -0.4 is 10.1 Å². The van der Waals surface area contributed by atoms with Crippen LogP contribution in [0.15, 0.2) is 23.1 Å². The van der Waals surface area contributed by atoms with Crippen LogP contribution >= 0.6 is 11.6 Å². The van der Waals surface area contributed by atoms with E-state index in [0.717, 1.165) is 25.3 Å². The number of sulfonamides is 1. The molecule has 1 aliphatic heterocycles. The SMILES string of the molecule is COc1ccc(Cl)c(S(=O)(=O)N2CCC(NCC3CC3)CC2)c1. The number of rotatable bonds is 6. The molecule has 1 aromatic rings. The molecule has 7 heteroatoms. The van der Waals surface area contributed by atoms with Crippen LogP contribution in [0.3, 0.4) is 0 Å². The second kappa shape index (κ2) is 6.97. The van der Waals surface area contributed by atoms with Crippen molar-refractivity contribution in [3.05, 3.63) is 23.2 Å². The maximum Gasteiger partial charge on any atom is 0.244 e. The predicted molar refractivity (Wildman–Crippen MR) is 90.5 cm³/mol. The maximum atomic E-state index is 12.8. The van der Waals surface area contributed by atoms with Gasteiger partial charge in [-0.1, -0.05) is 11.6 Å². The van der Waals surface area contributed by atoms with Crippen molar-refractivity contribution in [3.8, 4) is 5.75 Å². The molecule has 128 valence electrons. The Morgan fingerprint density at radius 3 is 2.57 bits per heavy atom. The zero-order valence-corrected chi connectivity index (χ0v) is 14.9. The van der Waals surface area contributed by atoms with Gasteiger partial charge in [0.1, 0.15) is 10.6 Å². The number of nitrogens with zero attached hydrogens (tertiary/aromatic N) is 1. The van der Waals surface area contributed by atoms with E-state index in [2.05, 4.69) is 5.32 Å². The minimum absolute atomic E-state index is 0.128. The number of hydrogen-bond donors (Lipinski definition) is 1. The molecule has 1 aliphatic carbocycles. The van der Waals surface area contributed by atoms with Gasteiger partial charge in [-0.05, 0) is 50.3 Å². The van der Waals surface area contributed by atoms with Gasteiger partial charge in [-0.25, -0.2) is 8.42 Å². The Balaban J connectivity index is 1.66. The Morgan fingerprint density at radius 2 is 1.96 bits per heavy atom. The first kappa shape index (κ1) is 17.0. The number of piperidine rings is 1. The molecule has 0 bridgehead atoms. The van der Waals surface area contributed by atoms with Crippen molar-refractivity contribution in [1.82, 2.24) is 9.62 Å². The van der Waals surface area contributed by atoms with Crippen LogP contribution in [-0.4, -0.2) is 45.5 Å². The molecule has 0 unspecified atom stereocenters. The van der Waals surface area contributed by atoms with Crippen molar-refractivity contribution in [2.75, 3.05) is 26.7 Å². The van der Waals surface area contributed by atoms with E-state index < -0.39 is 10.0 Å². The van der Waals surface area contributed by atoms with Crippen molar-refractivity contribution in [2.24, 2.45) is 5.92 Å². The number of nitrogens with one attached hydrogen (secondary N) is 1. The number of halogens is 1. The van der Waals surface area contributed by atoms with E-state index in [4.69, 9.17) is 16.3 Å². The number of hydrogen-bond acceptors (Lipinski definition) is 4. The Hall–Kier alpha value is -0.820. The largest absolute Gasteiger partial charge is 0.497 e. The molecule has 1 saturated heterocycles. The van der Waals surface area contributed by atoms with Gasteiger partial charge in [0.15, 0.2) is 0 Å². The zero-order chi connectivity index (χ0) is 16.4. The third-order valence-corrected chi connectivity index (χ3v) is 6.98. The van der Waals surface area contributed by atoms with E-state index >= 15 is 0 Å². The second-order valence-corrected chi connectivity index (χ2v) is 8.64. The average molecular weight is 359 g/mol. The molecule has 1 N–H and O–H groups in total. The first-order chi connectivity index (χ1) is 11.0. The first-order valence-corrected chi connectivity index (χ1v) is 9.89. The molecule has 1 heterocycles. The highest BCUT2D eigenvalue weighted by Crippen LogP contribution is 2.31. The lowest BCUT2D eigenvalue weighted by molar-refractivity contribution is 0.288. The number of methoxy groups -OCH3 is 1. The molecule has 1 saturated carbocycles. The highest BCUT2D eigenvalue weighted by Gasteiger charge is 2.31. The summed E-state index contributed by atoms with van der Waals surface area (Å²) in [5.41, 5.74) is 0. The average Bonchev–Trinajstić information content (AvgIpc) is 3.38. The van der Waals surface area contributed by atoms with Crippen LogP contribution in [-0.2, 0) is 10.0 Å². The second-order valence-electron chi connectivity index (χ2n) is 6.33. The molecule has 0 atom stereocenters. The van der Waals surface area contributed by atoms with Gasteiger partial charge < -0.3 is 10.1 Å². The molecule has 2 fully saturated rings. The zero-order valence-electron chi connectivity index (χ0n) is 13.3. The smallest absolute Gasteiger partial charge is 0.244 e. The van der Waals surface area contributed by atoms with E-state index in [0.29, 0.717) is 24.9 Å². The molecule has 5 nitrogen and oxygen atoms in total. The van der Waals surface area contributed by atoms with Gasteiger partial charge in [-0.2, -0.15) is 4.31 Å². The molecule has 3 rings (SSSR count). The summed E-state index contributed by atoms with van der Waals surface area (Å²) in [4.78, 5) is 0.128. The molecule has 23 heavy (non-hydrogen) atoms. The molecule has 1 aromatic carbocycles. The lowest BCUT2D eigenvalue weighted by Gasteiger charge is -2.32. The van der Waals surface area contributed by atoms with Crippen molar-refractivity contribution in [2.45, 2.75) is 36.6 Å². The van der Waals surface area contributed by atoms with Crippen LogP contribution in [0.4, 0.5) is 0 Å². The van der Waals surface area contributed by atoms with Crippen LogP contribution in [0, 0.1) is 5.92 Å². The summed E-state index contributed by atoms with van der Waals surface area (Å²) in [5, 5.41) is 3.79. The Kier molecular flexibility index (Phi) is 5.16. The fraction of sp³-hybridized carbons (Fsp3) is 0.625. The van der Waals surface area contributed by atoms with Crippen LogP contribution in [0.1, 0.15) is 25.7 Å². The monoisotopic (exact) mass is 358 g/mol. The fourth-order valence-electron chi connectivity index (χ4n) is 2.90. The van der Waals surface area contributed by atoms with Gasteiger partial charge in [-0.15, -0.1) is 0 Å². The van der Waals surface area contributed by atoms with Crippen molar-refractivity contribution >= 4 is 21.6 Å². The lowest BCUT2D eigenvalue weighted by Crippen LogP contribution is -2.45. The summed E-state index contributed by atoms with van der Waals surface area (Å²) >= 11 is 6.10. The van der Waals surface area contributed by atoms with Gasteiger partial charge in [0.05, 0.1) is 12.1 Å². The van der Waals surface area contributed by atoms with Gasteiger partial charge in [0.2, 0.25) is 10.0 Å². The van der Waals surface area contributed by atoms with Crippen molar-refractivity contribution in [1.29, 1.82) is 0 Å². The Morgan fingerprint density at radius 1 is 1.26 bits per heavy atom. The Bertz CT molecular complexity index is 653. The number of benzene rings is 1. The summed E-state index contributed by atoms with van der Waals surface area (Å²) in [6.07, 6.45) is 4.34. The third-order valence-electron chi connectivity index (χ3n) is 4.60. The molecule has 0 radical (unpaired) electrons. The van der Waals surface area contributed by atoms with Crippen LogP contribution in [0.25, 0.3) is 0 Å². The van der Waals surface area contributed by atoms with Crippen molar-refractivity contribution in [3.63, 3.8) is 0 Å². The summed E-state index contributed by atoms with van der Waals surface area (Å²) < 4.78 is 32.3. The normalized spacial score (nSPS) is 20.6.